The summed E-state index contributed by atoms with van der Waals surface area (Å²) in [6.07, 6.45) is 5.21. The molecule has 1 saturated heterocycles. The number of alkyl halides is 1. The van der Waals surface area contributed by atoms with Crippen LogP contribution in [-0.2, 0) is 9.59 Å². The van der Waals surface area contributed by atoms with Crippen molar-refractivity contribution in [3.05, 3.63) is 23.4 Å². The van der Waals surface area contributed by atoms with Crippen LogP contribution in [0.1, 0.15) is 53.4 Å². The summed E-state index contributed by atoms with van der Waals surface area (Å²) >= 11 is 8.75. The van der Waals surface area contributed by atoms with Gasteiger partial charge in [-0.1, -0.05) is 48.3 Å². The molecule has 0 spiro atoms. The Morgan fingerprint density at radius 3 is 2.62 bits per heavy atom. The molecule has 1 aromatic rings. The number of halogens is 2. The number of hydrogen-bond acceptors (Lipinski definition) is 4. The zero-order valence-corrected chi connectivity index (χ0v) is 20.6. The van der Waals surface area contributed by atoms with Gasteiger partial charge in [0, 0.05) is 25.7 Å². The van der Waals surface area contributed by atoms with Crippen LogP contribution in [-0.4, -0.2) is 53.2 Å². The van der Waals surface area contributed by atoms with Crippen LogP contribution in [0.25, 0.3) is 0 Å². The second-order valence-electron chi connectivity index (χ2n) is 6.52. The molecule has 0 radical (unpaired) electrons. The lowest BCUT2D eigenvalue weighted by atomic mass is 9.93. The van der Waals surface area contributed by atoms with E-state index in [-0.39, 0.29) is 17.9 Å². The van der Waals surface area contributed by atoms with Crippen molar-refractivity contribution < 1.29 is 9.59 Å². The molecule has 2 atom stereocenters. The molecule has 166 valence electrons. The highest BCUT2D eigenvalue weighted by Crippen LogP contribution is 2.21. The number of hydrogen-bond donors (Lipinski definition) is 2. The number of amides is 2. The Balaban J connectivity index is 0.00000184. The molecular formula is C21H36BrClN4O2. The third-order valence-corrected chi connectivity index (χ3v) is 4.88. The highest BCUT2D eigenvalue weighted by atomic mass is 79.9. The average Bonchev–Trinajstić information content (AvgIpc) is 2.77. The maximum Gasteiger partial charge on any atom is 0.242 e. The van der Waals surface area contributed by atoms with Crippen LogP contribution in [0.15, 0.2) is 18.3 Å². The van der Waals surface area contributed by atoms with E-state index >= 15 is 0 Å². The SMILES string of the molecule is CBr.CC.CCC(=O)NCCC1CCCN(C(C)C(=O)Nc2ccc(Cl)cn2)C1. The van der Waals surface area contributed by atoms with Gasteiger partial charge in [-0.05, 0) is 56.6 Å². The van der Waals surface area contributed by atoms with Gasteiger partial charge in [0.25, 0.3) is 0 Å². The molecule has 0 bridgehead atoms. The lowest BCUT2D eigenvalue weighted by Gasteiger charge is -2.36. The molecule has 2 unspecified atom stereocenters. The third kappa shape index (κ3) is 11.0. The first kappa shape index (κ1) is 27.8. The molecule has 0 aromatic carbocycles. The van der Waals surface area contributed by atoms with Gasteiger partial charge in [-0.2, -0.15) is 0 Å². The maximum absolute atomic E-state index is 12.5. The Bertz CT molecular complexity index is 587. The summed E-state index contributed by atoms with van der Waals surface area (Å²) in [6, 6.07) is 3.18. The average molecular weight is 492 g/mol. The van der Waals surface area contributed by atoms with Gasteiger partial charge in [0.1, 0.15) is 5.82 Å². The quantitative estimate of drug-likeness (QED) is 0.541. The predicted molar refractivity (Wildman–Crippen MR) is 126 cm³/mol. The van der Waals surface area contributed by atoms with Gasteiger partial charge in [-0.3, -0.25) is 14.5 Å². The molecule has 6 nitrogen and oxygen atoms in total. The van der Waals surface area contributed by atoms with Gasteiger partial charge in [0.2, 0.25) is 11.8 Å². The van der Waals surface area contributed by atoms with Gasteiger partial charge in [0.15, 0.2) is 0 Å². The van der Waals surface area contributed by atoms with E-state index in [0.717, 1.165) is 32.4 Å². The fourth-order valence-electron chi connectivity index (χ4n) is 3.07. The normalized spacial score (nSPS) is 17.0. The third-order valence-electron chi connectivity index (χ3n) is 4.65. The molecule has 1 aliphatic heterocycles. The minimum Gasteiger partial charge on any atom is -0.356 e. The molecule has 1 aromatic heterocycles. The zero-order chi connectivity index (χ0) is 22.2. The van der Waals surface area contributed by atoms with Gasteiger partial charge in [-0.15, -0.1) is 0 Å². The molecule has 2 amide bonds. The fraction of sp³-hybridized carbons (Fsp3) is 0.667. The van der Waals surface area contributed by atoms with Crippen molar-refractivity contribution in [3.63, 3.8) is 0 Å². The van der Waals surface area contributed by atoms with Crippen molar-refractivity contribution in [2.24, 2.45) is 5.92 Å². The highest BCUT2D eigenvalue weighted by Gasteiger charge is 2.27. The van der Waals surface area contributed by atoms with Crippen LogP contribution in [0.5, 0.6) is 0 Å². The standard InChI is InChI=1S/C18H27ClN4O2.C2H6.CH3Br/c1-3-17(24)20-9-8-14-5-4-10-23(12-14)13(2)18(25)22-16-7-6-15(19)11-21-16;2*1-2/h6-7,11,13-14H,3-5,8-10,12H2,1-2H3,(H,20,24)(H,21,22,25);1-2H3;1H3. The summed E-state index contributed by atoms with van der Waals surface area (Å²) in [5, 5.41) is 6.31. The molecule has 2 rings (SSSR count). The van der Waals surface area contributed by atoms with E-state index in [1.807, 2.05) is 33.5 Å². The van der Waals surface area contributed by atoms with E-state index < -0.39 is 0 Å². The Hall–Kier alpha value is -1.18. The number of nitrogens with one attached hydrogen (secondary N) is 2. The van der Waals surface area contributed by atoms with Gasteiger partial charge >= 0.3 is 0 Å². The van der Waals surface area contributed by atoms with Crippen LogP contribution in [0.4, 0.5) is 5.82 Å². The Morgan fingerprint density at radius 2 is 2.03 bits per heavy atom. The van der Waals surface area contributed by atoms with E-state index in [2.05, 4.69) is 36.4 Å². The topological polar surface area (TPSA) is 74.3 Å². The number of nitrogens with zero attached hydrogens (tertiary/aromatic N) is 2. The zero-order valence-electron chi connectivity index (χ0n) is 18.3. The van der Waals surface area contributed by atoms with Crippen LogP contribution in [0.3, 0.4) is 0 Å². The monoisotopic (exact) mass is 490 g/mol. The summed E-state index contributed by atoms with van der Waals surface area (Å²) in [7, 11) is 0. The number of anilines is 1. The number of carbonyl (C=O) groups excluding carboxylic acids is 2. The molecular weight excluding hydrogens is 456 g/mol. The fourth-order valence-corrected chi connectivity index (χ4v) is 3.18. The molecule has 2 heterocycles. The summed E-state index contributed by atoms with van der Waals surface area (Å²) in [5.74, 6) is 2.87. The summed E-state index contributed by atoms with van der Waals surface area (Å²) in [4.78, 5) is 30.1. The number of pyridine rings is 1. The highest BCUT2D eigenvalue weighted by molar-refractivity contribution is 9.08. The Labute approximate surface area is 189 Å². The molecule has 2 N–H and O–H groups in total. The number of piperidine rings is 1. The Kier molecular flexibility index (Phi) is 15.9. The van der Waals surface area contributed by atoms with Crippen molar-refractivity contribution in [2.45, 2.75) is 59.4 Å². The second-order valence-corrected chi connectivity index (χ2v) is 6.96. The number of rotatable bonds is 7. The second kappa shape index (κ2) is 16.6. The number of aromatic nitrogens is 1. The molecule has 1 fully saturated rings. The van der Waals surface area contributed by atoms with Crippen molar-refractivity contribution in [1.82, 2.24) is 15.2 Å². The van der Waals surface area contributed by atoms with E-state index in [9.17, 15) is 9.59 Å². The molecule has 1 aliphatic rings. The van der Waals surface area contributed by atoms with Crippen LogP contribution in [0.2, 0.25) is 5.02 Å². The Morgan fingerprint density at radius 1 is 1.34 bits per heavy atom. The van der Waals surface area contributed by atoms with Gasteiger partial charge < -0.3 is 10.6 Å². The van der Waals surface area contributed by atoms with Crippen molar-refractivity contribution in [3.8, 4) is 0 Å². The van der Waals surface area contributed by atoms with Crippen molar-refractivity contribution in [2.75, 3.05) is 30.8 Å². The lowest BCUT2D eigenvalue weighted by Crippen LogP contribution is -2.47. The number of carbonyl (C=O) groups is 2. The minimum atomic E-state index is -0.217. The summed E-state index contributed by atoms with van der Waals surface area (Å²) < 4.78 is 0. The molecule has 0 saturated carbocycles. The summed E-state index contributed by atoms with van der Waals surface area (Å²) in [5.41, 5.74) is 0. The number of likely N-dealkylation sites (tertiary alicyclic amines) is 1. The van der Waals surface area contributed by atoms with Gasteiger partial charge in [0.05, 0.1) is 11.1 Å². The van der Waals surface area contributed by atoms with E-state index in [1.54, 1.807) is 12.1 Å². The largest absolute Gasteiger partial charge is 0.356 e. The lowest BCUT2D eigenvalue weighted by molar-refractivity contribution is -0.121. The molecule has 0 aliphatic carbocycles. The van der Waals surface area contributed by atoms with Gasteiger partial charge in [-0.25, -0.2) is 4.98 Å². The first-order valence-corrected chi connectivity index (χ1v) is 12.3. The van der Waals surface area contributed by atoms with E-state index in [1.165, 1.54) is 6.20 Å². The summed E-state index contributed by atoms with van der Waals surface area (Å²) in [6.45, 7) is 10.3. The predicted octanol–water partition coefficient (Wildman–Crippen LogP) is 4.73. The molecule has 29 heavy (non-hydrogen) atoms. The molecule has 8 heteroatoms. The van der Waals surface area contributed by atoms with Crippen molar-refractivity contribution in [1.29, 1.82) is 0 Å². The first-order chi connectivity index (χ1) is 14.0. The smallest absolute Gasteiger partial charge is 0.242 e. The van der Waals surface area contributed by atoms with Crippen LogP contribution < -0.4 is 10.6 Å². The van der Waals surface area contributed by atoms with Crippen LogP contribution >= 0.6 is 27.5 Å². The van der Waals surface area contributed by atoms with E-state index in [4.69, 9.17) is 11.6 Å². The van der Waals surface area contributed by atoms with Crippen LogP contribution in [0, 0.1) is 5.92 Å². The van der Waals surface area contributed by atoms with E-state index in [0.29, 0.717) is 29.7 Å². The minimum absolute atomic E-state index is 0.0604. The maximum atomic E-state index is 12.5. The van der Waals surface area contributed by atoms with Crippen molar-refractivity contribution >= 4 is 45.2 Å². The first-order valence-electron chi connectivity index (χ1n) is 10.3.